The molecule has 10 nitrogen and oxygen atoms in total. The minimum Gasteiger partial charge on any atom is -0.457 e. The summed E-state index contributed by atoms with van der Waals surface area (Å²) in [7, 11) is 0. The number of ether oxygens (including phenoxy) is 1. The number of nitrogens with zero attached hydrogens (tertiary/aromatic N) is 2. The molecule has 208 valence electrons. The summed E-state index contributed by atoms with van der Waals surface area (Å²) in [6, 6.07) is 5.32. The average Bonchev–Trinajstić information content (AvgIpc) is 2.92. The maximum absolute atomic E-state index is 13.1. The molecule has 2 aliphatic heterocycles. The molecule has 5 atom stereocenters. The summed E-state index contributed by atoms with van der Waals surface area (Å²) in [6.45, 7) is 9.20. The van der Waals surface area contributed by atoms with Gasteiger partial charge in [0.05, 0.1) is 11.6 Å². The molecule has 10 heteroatoms. The van der Waals surface area contributed by atoms with Gasteiger partial charge in [-0.2, -0.15) is 0 Å². The van der Waals surface area contributed by atoms with E-state index in [-0.39, 0.29) is 17.7 Å². The predicted molar refractivity (Wildman–Crippen MR) is 147 cm³/mol. The van der Waals surface area contributed by atoms with E-state index in [1.807, 2.05) is 45.0 Å². The number of carbonyl (C=O) groups excluding carboxylic acids is 4. The lowest BCUT2D eigenvalue weighted by atomic mass is 10.0. The van der Waals surface area contributed by atoms with Crippen molar-refractivity contribution < 1.29 is 23.9 Å². The highest BCUT2D eigenvalue weighted by Crippen LogP contribution is 2.24. The number of aromatic nitrogens is 1. The molecule has 0 saturated carbocycles. The van der Waals surface area contributed by atoms with Crippen molar-refractivity contribution in [1.82, 2.24) is 26.1 Å². The highest BCUT2D eigenvalue weighted by molar-refractivity contribution is 5.93. The number of fused-ring (bicyclic) bond motifs is 4. The summed E-state index contributed by atoms with van der Waals surface area (Å²) in [5, 5.41) is 8.78. The molecule has 0 spiro atoms. The van der Waals surface area contributed by atoms with Gasteiger partial charge in [-0.05, 0) is 61.8 Å². The summed E-state index contributed by atoms with van der Waals surface area (Å²) >= 11 is 0. The fraction of sp³-hybridized carbons (Fsp3) is 0.483. The molecule has 2 aliphatic rings. The molecule has 3 N–H and O–H groups in total. The van der Waals surface area contributed by atoms with E-state index < -0.39 is 42.0 Å². The molecule has 1 fully saturated rings. The summed E-state index contributed by atoms with van der Waals surface area (Å²) in [6.07, 6.45) is 5.89. The second-order valence-corrected chi connectivity index (χ2v) is 10.7. The zero-order chi connectivity index (χ0) is 28.3. The zero-order valence-corrected chi connectivity index (χ0v) is 23.1. The van der Waals surface area contributed by atoms with Gasteiger partial charge in [0.15, 0.2) is 0 Å². The second kappa shape index (κ2) is 11.9. The quantitative estimate of drug-likeness (QED) is 0.479. The third kappa shape index (κ3) is 6.62. The first-order valence-corrected chi connectivity index (χ1v) is 13.5. The predicted octanol–water partition coefficient (Wildman–Crippen LogP) is 2.64. The van der Waals surface area contributed by atoms with Crippen LogP contribution in [0.25, 0.3) is 16.8 Å². The maximum Gasteiger partial charge on any atom is 0.325 e. The Balaban J connectivity index is 1.67. The van der Waals surface area contributed by atoms with Crippen LogP contribution in [0.1, 0.15) is 64.8 Å². The van der Waals surface area contributed by atoms with Crippen LogP contribution in [0.15, 0.2) is 36.5 Å². The summed E-state index contributed by atoms with van der Waals surface area (Å²) in [5.74, 6) is -2.31. The Morgan fingerprint density at radius 1 is 1.00 bits per heavy atom. The SMILES string of the molecule is CC1C=Cc2cc3cc(ccc3cn2)C(C)OC(=O)C2CCCN(N2)C(=O)C(C)NC(=O)C(C(C)C)NC1=O. The fourth-order valence-electron chi connectivity index (χ4n) is 4.71. The summed E-state index contributed by atoms with van der Waals surface area (Å²) in [4.78, 5) is 56.7. The van der Waals surface area contributed by atoms with Gasteiger partial charge in [0, 0.05) is 18.1 Å². The number of nitrogens with one attached hydrogen (secondary N) is 3. The number of hydrogen-bond acceptors (Lipinski definition) is 7. The highest BCUT2D eigenvalue weighted by Gasteiger charge is 2.34. The van der Waals surface area contributed by atoms with E-state index in [2.05, 4.69) is 21.0 Å². The van der Waals surface area contributed by atoms with Gasteiger partial charge in [-0.1, -0.05) is 39.0 Å². The number of rotatable bonds is 1. The molecule has 39 heavy (non-hydrogen) atoms. The minimum atomic E-state index is -0.868. The van der Waals surface area contributed by atoms with E-state index in [1.165, 1.54) is 5.01 Å². The van der Waals surface area contributed by atoms with Crippen molar-refractivity contribution in [1.29, 1.82) is 0 Å². The molecule has 5 unspecified atom stereocenters. The number of carbonyl (C=O) groups is 4. The number of cyclic esters (lactones) is 1. The molecule has 2 aromatic rings. The third-order valence-electron chi connectivity index (χ3n) is 7.21. The molecule has 1 aromatic carbocycles. The van der Waals surface area contributed by atoms with Crippen molar-refractivity contribution in [3.05, 3.63) is 47.8 Å². The van der Waals surface area contributed by atoms with Crippen LogP contribution in [0.3, 0.4) is 0 Å². The molecular weight excluding hydrogens is 498 g/mol. The summed E-state index contributed by atoms with van der Waals surface area (Å²) in [5.41, 5.74) is 4.48. The number of pyridine rings is 1. The lowest BCUT2D eigenvalue weighted by Crippen LogP contribution is -2.61. The normalized spacial score (nSPS) is 27.3. The van der Waals surface area contributed by atoms with Gasteiger partial charge < -0.3 is 15.4 Å². The number of benzene rings is 1. The Kier molecular flexibility index (Phi) is 8.64. The molecule has 3 heterocycles. The standard InChI is InChI=1S/C29H37N5O5/c1-16(2)25-27(36)31-18(4)28(37)34-12-6-7-24(33-34)29(38)39-19(5)20-9-10-21-15-30-23(14-22(21)13-20)11-8-17(3)26(35)32-25/h8-11,13-19,24-25,33H,6-7,12H2,1-5H3,(H,31,36)(H,32,35). The van der Waals surface area contributed by atoms with E-state index in [4.69, 9.17) is 4.74 Å². The Morgan fingerprint density at radius 2 is 1.77 bits per heavy atom. The zero-order valence-electron chi connectivity index (χ0n) is 23.1. The van der Waals surface area contributed by atoms with Crippen LogP contribution >= 0.6 is 0 Å². The molecule has 0 aliphatic carbocycles. The van der Waals surface area contributed by atoms with E-state index in [0.717, 1.165) is 16.3 Å². The summed E-state index contributed by atoms with van der Waals surface area (Å²) < 4.78 is 5.78. The van der Waals surface area contributed by atoms with Crippen molar-refractivity contribution in [2.75, 3.05) is 6.54 Å². The van der Waals surface area contributed by atoms with Gasteiger partial charge in [0.2, 0.25) is 11.8 Å². The fourth-order valence-corrected chi connectivity index (χ4v) is 4.71. The van der Waals surface area contributed by atoms with Gasteiger partial charge in [0.1, 0.15) is 24.2 Å². The first-order chi connectivity index (χ1) is 18.5. The molecule has 0 radical (unpaired) electrons. The van der Waals surface area contributed by atoms with Crippen molar-refractivity contribution in [3.8, 4) is 0 Å². The van der Waals surface area contributed by atoms with E-state index in [0.29, 0.717) is 25.1 Å². The number of amides is 3. The molecule has 4 rings (SSSR count). The van der Waals surface area contributed by atoms with E-state index in [1.54, 1.807) is 32.2 Å². The minimum absolute atomic E-state index is 0.209. The second-order valence-electron chi connectivity index (χ2n) is 10.7. The van der Waals surface area contributed by atoms with Crippen LogP contribution in [0.2, 0.25) is 0 Å². The topological polar surface area (TPSA) is 130 Å². The first kappa shape index (κ1) is 28.2. The van der Waals surface area contributed by atoms with Crippen molar-refractivity contribution >= 4 is 40.5 Å². The van der Waals surface area contributed by atoms with Gasteiger partial charge >= 0.3 is 5.97 Å². The van der Waals surface area contributed by atoms with Crippen LogP contribution in [-0.4, -0.2) is 58.4 Å². The highest BCUT2D eigenvalue weighted by atomic mass is 16.5. The van der Waals surface area contributed by atoms with Gasteiger partial charge in [-0.25, -0.2) is 5.43 Å². The van der Waals surface area contributed by atoms with Crippen molar-refractivity contribution in [2.45, 2.75) is 71.7 Å². The monoisotopic (exact) mass is 535 g/mol. The van der Waals surface area contributed by atoms with E-state index in [9.17, 15) is 19.2 Å². The maximum atomic E-state index is 13.1. The van der Waals surface area contributed by atoms with Gasteiger partial charge in [0.25, 0.3) is 5.91 Å². The Labute approximate surface area is 228 Å². The molecule has 1 aromatic heterocycles. The van der Waals surface area contributed by atoms with Crippen molar-refractivity contribution in [3.63, 3.8) is 0 Å². The van der Waals surface area contributed by atoms with Gasteiger partial charge in [-0.15, -0.1) is 0 Å². The Bertz CT molecular complexity index is 1290. The van der Waals surface area contributed by atoms with Crippen LogP contribution in [0, 0.1) is 11.8 Å². The third-order valence-corrected chi connectivity index (χ3v) is 7.21. The number of hydrogen-bond donors (Lipinski definition) is 3. The molecular formula is C29H37N5O5. The van der Waals surface area contributed by atoms with Crippen LogP contribution in [-0.2, 0) is 23.9 Å². The molecule has 3 amide bonds. The number of esters is 1. The Morgan fingerprint density at radius 3 is 2.51 bits per heavy atom. The smallest absolute Gasteiger partial charge is 0.325 e. The molecule has 1 saturated heterocycles. The largest absolute Gasteiger partial charge is 0.457 e. The lowest BCUT2D eigenvalue weighted by molar-refractivity contribution is -0.157. The number of hydrazine groups is 1. The van der Waals surface area contributed by atoms with Crippen LogP contribution in [0.5, 0.6) is 0 Å². The van der Waals surface area contributed by atoms with Crippen molar-refractivity contribution in [2.24, 2.45) is 11.8 Å². The Hall–Kier alpha value is -3.79. The van der Waals surface area contributed by atoms with E-state index >= 15 is 0 Å². The van der Waals surface area contributed by atoms with Gasteiger partial charge in [-0.3, -0.25) is 29.2 Å². The average molecular weight is 536 g/mol. The van der Waals surface area contributed by atoms with Crippen LogP contribution in [0.4, 0.5) is 0 Å². The van der Waals surface area contributed by atoms with Crippen LogP contribution < -0.4 is 16.1 Å². The molecule has 5 bridgehead atoms. The lowest BCUT2D eigenvalue weighted by Gasteiger charge is -2.35. The first-order valence-electron chi connectivity index (χ1n) is 13.5.